The topological polar surface area (TPSA) is 300 Å². The summed E-state index contributed by atoms with van der Waals surface area (Å²) in [7, 11) is -3.70. The Kier molecular flexibility index (Phi) is 61.5. The van der Waals surface area contributed by atoms with E-state index in [1.807, 2.05) is 0 Å². The van der Waals surface area contributed by atoms with Crippen molar-refractivity contribution < 1.29 is 110 Å². The van der Waals surface area contributed by atoms with E-state index >= 15 is 0 Å². The number of hydrogen-bond donors (Lipinski definition) is 4. The van der Waals surface area contributed by atoms with Crippen LogP contribution in [0.4, 0.5) is 0 Å². The second-order valence-corrected chi connectivity index (χ2v) is 3.04. The SMILES string of the molecule is CN(CC(=O)O)C(=N)N.O.O.O.O.O=P([O-])([O-])O.[Na+].[Na+]. The van der Waals surface area contributed by atoms with E-state index in [0.29, 0.717) is 0 Å². The van der Waals surface area contributed by atoms with E-state index < -0.39 is 13.8 Å². The van der Waals surface area contributed by atoms with Gasteiger partial charge in [-0.25, -0.2) is 0 Å². The van der Waals surface area contributed by atoms with Crippen LogP contribution in [0.25, 0.3) is 0 Å². The Bertz CT molecular complexity index is 255. The number of rotatable bonds is 2. The first-order valence-electron chi connectivity index (χ1n) is 3.05. The molecule has 0 amide bonds. The van der Waals surface area contributed by atoms with Gasteiger partial charge in [0, 0.05) is 7.05 Å². The maximum Gasteiger partial charge on any atom is 1.00 e. The van der Waals surface area contributed by atoms with Gasteiger partial charge in [0.15, 0.2) is 5.96 Å². The summed E-state index contributed by atoms with van der Waals surface area (Å²) in [4.78, 5) is 35.3. The van der Waals surface area contributed by atoms with Gasteiger partial charge in [-0.05, 0) is 0 Å². The van der Waals surface area contributed by atoms with E-state index in [2.05, 4.69) is 0 Å². The zero-order valence-corrected chi connectivity index (χ0v) is 16.1. The van der Waals surface area contributed by atoms with E-state index in [1.165, 1.54) is 7.05 Å². The normalized spacial score (nSPS) is 6.80. The van der Waals surface area contributed by atoms with Crippen molar-refractivity contribution in [2.45, 2.75) is 0 Å². The van der Waals surface area contributed by atoms with Gasteiger partial charge in [-0.2, -0.15) is 0 Å². The smallest absolute Gasteiger partial charge is 0.790 e. The van der Waals surface area contributed by atoms with Crippen LogP contribution in [0.15, 0.2) is 0 Å². The molecule has 0 aromatic rings. The minimum atomic E-state index is -5.14. The summed E-state index contributed by atoms with van der Waals surface area (Å²) in [5.74, 6) is -1.23. The first-order valence-corrected chi connectivity index (χ1v) is 4.55. The summed E-state index contributed by atoms with van der Waals surface area (Å²) in [6, 6.07) is 0. The number of guanidine groups is 1. The van der Waals surface area contributed by atoms with E-state index in [1.54, 1.807) is 0 Å². The fraction of sp³-hybridized carbons (Fsp3) is 0.500. The molecule has 20 heavy (non-hydrogen) atoms. The molecule has 0 saturated carbocycles. The van der Waals surface area contributed by atoms with Crippen molar-refractivity contribution in [1.29, 1.82) is 5.41 Å². The minimum absolute atomic E-state index is 0. The molecule has 0 spiro atoms. The summed E-state index contributed by atoms with van der Waals surface area (Å²) in [6.45, 7) is -0.227. The maximum atomic E-state index is 9.92. The Morgan fingerprint density at radius 2 is 1.45 bits per heavy atom. The molecule has 0 radical (unpaired) electrons. The van der Waals surface area contributed by atoms with Gasteiger partial charge in [0.25, 0.3) is 0 Å². The quantitative estimate of drug-likeness (QED) is 0.161. The molecule has 13 N–H and O–H groups in total. The summed E-state index contributed by atoms with van der Waals surface area (Å²) >= 11 is 0. The summed E-state index contributed by atoms with van der Waals surface area (Å²) in [5.41, 5.74) is 4.93. The van der Waals surface area contributed by atoms with Crippen LogP contribution in [-0.2, 0) is 9.36 Å². The van der Waals surface area contributed by atoms with Crippen molar-refractivity contribution in [3.63, 3.8) is 0 Å². The molecule has 116 valence electrons. The Morgan fingerprint density at radius 1 is 1.25 bits per heavy atom. The predicted octanol–water partition coefficient (Wildman–Crippen LogP) is -12.6. The van der Waals surface area contributed by atoms with Gasteiger partial charge < -0.3 is 56.9 Å². The van der Waals surface area contributed by atoms with E-state index in [-0.39, 0.29) is 93.5 Å². The molecule has 0 aliphatic rings. The van der Waals surface area contributed by atoms with Crippen LogP contribution in [0.1, 0.15) is 0 Å². The molecule has 0 unspecified atom stereocenters. The first kappa shape index (κ1) is 49.8. The number of nitrogens with zero attached hydrogens (tertiary/aromatic N) is 1. The molecule has 16 heteroatoms. The standard InChI is InChI=1S/C4H9N3O2.2Na.H3O4P.4H2O/c1-7(4(5)6)2-3(8)9;;;1-5(2,3)4;;;;/h2H2,1H3,(H3,5,6)(H,8,9);;;(H3,1,2,3,4);4*1H2/q;2*+1;;;;;/p-2. The monoisotopic (exact) mass is 345 g/mol. The summed E-state index contributed by atoms with van der Waals surface area (Å²) in [6.07, 6.45) is 0. The number of carbonyl (C=O) groups is 1. The van der Waals surface area contributed by atoms with Gasteiger partial charge in [0.05, 0.1) is 7.82 Å². The number of aliphatic carboxylic acids is 1. The molecular formula is C4H18N3Na2O10P. The number of nitrogens with one attached hydrogen (secondary N) is 1. The number of hydrogen-bond acceptors (Lipinski definition) is 5. The first-order chi connectivity index (χ1) is 6.04. The van der Waals surface area contributed by atoms with Crippen LogP contribution < -0.4 is 74.6 Å². The fourth-order valence-electron chi connectivity index (χ4n) is 0.288. The molecule has 0 rings (SSSR count). The van der Waals surface area contributed by atoms with Gasteiger partial charge in [0.1, 0.15) is 6.54 Å². The zero-order valence-electron chi connectivity index (χ0n) is 11.2. The Hall–Kier alpha value is 0.690. The molecule has 0 aromatic heterocycles. The molecule has 0 heterocycles. The fourth-order valence-corrected chi connectivity index (χ4v) is 0.288. The molecule has 0 atom stereocenters. The second-order valence-electron chi connectivity index (χ2n) is 2.10. The summed E-state index contributed by atoms with van der Waals surface area (Å²) < 4.78 is 8.66. The molecule has 0 aliphatic carbocycles. The van der Waals surface area contributed by atoms with Gasteiger partial charge in [-0.1, -0.05) is 0 Å². The average Bonchev–Trinajstić information content (AvgIpc) is 1.80. The summed E-state index contributed by atoms with van der Waals surface area (Å²) in [5, 5.41) is 14.9. The van der Waals surface area contributed by atoms with Crippen LogP contribution in [0.5, 0.6) is 0 Å². The zero-order chi connectivity index (χ0) is 11.9. The van der Waals surface area contributed by atoms with Gasteiger partial charge >= 0.3 is 65.1 Å². The third-order valence-electron chi connectivity index (χ3n) is 0.784. The van der Waals surface area contributed by atoms with Crippen molar-refractivity contribution in [3.8, 4) is 0 Å². The van der Waals surface area contributed by atoms with Crippen molar-refractivity contribution in [2.75, 3.05) is 13.6 Å². The van der Waals surface area contributed by atoms with Crippen LogP contribution in [0, 0.1) is 5.41 Å². The van der Waals surface area contributed by atoms with Gasteiger partial charge in [0.2, 0.25) is 0 Å². The van der Waals surface area contributed by atoms with Crippen LogP contribution >= 0.6 is 7.82 Å². The second kappa shape index (κ2) is 24.7. The Morgan fingerprint density at radius 3 is 1.50 bits per heavy atom. The molecule has 0 saturated heterocycles. The number of likely N-dealkylation sites (N-methyl/N-ethyl adjacent to an activating group) is 1. The van der Waals surface area contributed by atoms with Crippen molar-refractivity contribution in [2.24, 2.45) is 5.73 Å². The maximum absolute atomic E-state index is 9.92. The number of carboxylic acid groups (broad SMARTS) is 1. The Labute approximate surface area is 158 Å². The van der Waals surface area contributed by atoms with Gasteiger partial charge in [-0.15, -0.1) is 0 Å². The van der Waals surface area contributed by atoms with E-state index in [9.17, 15) is 4.79 Å². The predicted molar refractivity (Wildman–Crippen MR) is 56.5 cm³/mol. The van der Waals surface area contributed by atoms with Crippen LogP contribution in [0.2, 0.25) is 0 Å². The third-order valence-corrected chi connectivity index (χ3v) is 0.784. The van der Waals surface area contributed by atoms with Crippen LogP contribution in [0.3, 0.4) is 0 Å². The molecule has 0 bridgehead atoms. The molecule has 0 aromatic carbocycles. The average molecular weight is 345 g/mol. The number of nitrogens with two attached hydrogens (primary N) is 1. The van der Waals surface area contributed by atoms with Crippen molar-refractivity contribution >= 4 is 19.8 Å². The molecule has 0 fully saturated rings. The molecule has 0 aliphatic heterocycles. The minimum Gasteiger partial charge on any atom is -0.790 e. The third kappa shape index (κ3) is 77.5. The Balaban J connectivity index is -0.0000000199. The largest absolute Gasteiger partial charge is 1.00 e. The van der Waals surface area contributed by atoms with Crippen molar-refractivity contribution in [1.82, 2.24) is 4.90 Å². The van der Waals surface area contributed by atoms with Gasteiger partial charge in [-0.3, -0.25) is 10.2 Å². The van der Waals surface area contributed by atoms with E-state index in [4.69, 9.17) is 35.5 Å². The molecule has 13 nitrogen and oxygen atoms in total. The van der Waals surface area contributed by atoms with Crippen LogP contribution in [-0.4, -0.2) is 62.3 Å². The number of phosphoric acid groups is 1. The van der Waals surface area contributed by atoms with E-state index in [0.717, 1.165) is 4.90 Å². The van der Waals surface area contributed by atoms with Crippen molar-refractivity contribution in [3.05, 3.63) is 0 Å². The number of carboxylic acids is 1. The molecular weight excluding hydrogens is 327 g/mol.